The van der Waals surface area contributed by atoms with Crippen LogP contribution >= 0.6 is 0 Å². The van der Waals surface area contributed by atoms with E-state index < -0.39 is 17.9 Å². The second-order valence-electron chi connectivity index (χ2n) is 6.31. The van der Waals surface area contributed by atoms with Crippen molar-refractivity contribution >= 4 is 5.88 Å². The highest BCUT2D eigenvalue weighted by Crippen LogP contribution is 2.15. The van der Waals surface area contributed by atoms with Crippen LogP contribution in [0.2, 0.25) is 0 Å². The summed E-state index contributed by atoms with van der Waals surface area (Å²) in [6.07, 6.45) is 1.26. The molecule has 1 aromatic carbocycles. The Labute approximate surface area is 162 Å². The van der Waals surface area contributed by atoms with Crippen molar-refractivity contribution in [2.75, 3.05) is 6.61 Å². The first kappa shape index (κ1) is 21.2. The SMILES string of the molecule is C=C(O/C(CO)=C(\C)O)n1cc(COCc2c(C)cccc2C)c(=O)[nH]c1=O. The second kappa shape index (κ2) is 9.20. The molecule has 150 valence electrons. The number of aliphatic hydroxyl groups is 2. The Morgan fingerprint density at radius 2 is 1.86 bits per heavy atom. The Morgan fingerprint density at radius 1 is 1.21 bits per heavy atom. The fourth-order valence-electron chi connectivity index (χ4n) is 2.55. The number of hydrogen-bond acceptors (Lipinski definition) is 6. The van der Waals surface area contributed by atoms with Gasteiger partial charge in [0.25, 0.3) is 5.56 Å². The van der Waals surface area contributed by atoms with Gasteiger partial charge in [-0.2, -0.15) is 0 Å². The first-order valence-electron chi connectivity index (χ1n) is 8.59. The van der Waals surface area contributed by atoms with Crippen LogP contribution < -0.4 is 11.2 Å². The summed E-state index contributed by atoms with van der Waals surface area (Å²) in [4.78, 5) is 26.3. The van der Waals surface area contributed by atoms with Gasteiger partial charge in [-0.15, -0.1) is 0 Å². The van der Waals surface area contributed by atoms with Crippen molar-refractivity contribution in [2.45, 2.75) is 34.0 Å². The summed E-state index contributed by atoms with van der Waals surface area (Å²) in [6, 6.07) is 5.92. The molecule has 28 heavy (non-hydrogen) atoms. The molecule has 0 spiro atoms. The summed E-state index contributed by atoms with van der Waals surface area (Å²) < 4.78 is 11.9. The lowest BCUT2D eigenvalue weighted by atomic mass is 10.0. The van der Waals surface area contributed by atoms with E-state index >= 15 is 0 Å². The van der Waals surface area contributed by atoms with Crippen molar-refractivity contribution in [2.24, 2.45) is 0 Å². The summed E-state index contributed by atoms with van der Waals surface area (Å²) in [5.41, 5.74) is 2.07. The zero-order valence-corrected chi connectivity index (χ0v) is 16.1. The van der Waals surface area contributed by atoms with Crippen LogP contribution in [0.3, 0.4) is 0 Å². The van der Waals surface area contributed by atoms with Gasteiger partial charge in [-0.1, -0.05) is 18.2 Å². The molecule has 0 aliphatic carbocycles. The van der Waals surface area contributed by atoms with E-state index in [4.69, 9.17) is 9.47 Å². The lowest BCUT2D eigenvalue weighted by molar-refractivity contribution is 0.105. The fraction of sp³-hybridized carbons (Fsp3) is 0.300. The van der Waals surface area contributed by atoms with Gasteiger partial charge in [-0.25, -0.2) is 9.36 Å². The highest BCUT2D eigenvalue weighted by Gasteiger charge is 2.12. The van der Waals surface area contributed by atoms with Crippen molar-refractivity contribution < 1.29 is 19.7 Å². The Bertz CT molecular complexity index is 992. The van der Waals surface area contributed by atoms with Crippen molar-refractivity contribution in [3.63, 3.8) is 0 Å². The Balaban J connectivity index is 2.19. The smallest absolute Gasteiger partial charge is 0.335 e. The predicted molar refractivity (Wildman–Crippen MR) is 105 cm³/mol. The van der Waals surface area contributed by atoms with Gasteiger partial charge >= 0.3 is 5.69 Å². The van der Waals surface area contributed by atoms with E-state index in [1.54, 1.807) is 0 Å². The summed E-state index contributed by atoms with van der Waals surface area (Å²) in [5, 5.41) is 18.6. The molecule has 0 bridgehead atoms. The van der Waals surface area contributed by atoms with Crippen LogP contribution in [0.1, 0.15) is 29.2 Å². The van der Waals surface area contributed by atoms with Crippen LogP contribution in [0.15, 0.2) is 52.1 Å². The Kier molecular flexibility index (Phi) is 6.97. The molecule has 2 rings (SSSR count). The molecule has 1 aromatic heterocycles. The average molecular weight is 388 g/mol. The number of H-pyrrole nitrogens is 1. The van der Waals surface area contributed by atoms with E-state index in [-0.39, 0.29) is 29.6 Å². The molecule has 0 fully saturated rings. The van der Waals surface area contributed by atoms with Crippen molar-refractivity contribution in [1.82, 2.24) is 9.55 Å². The molecule has 0 unspecified atom stereocenters. The Morgan fingerprint density at radius 3 is 2.43 bits per heavy atom. The zero-order valence-electron chi connectivity index (χ0n) is 16.1. The molecule has 3 N–H and O–H groups in total. The molecule has 0 aliphatic heterocycles. The summed E-state index contributed by atoms with van der Waals surface area (Å²) in [7, 11) is 0. The number of aliphatic hydroxyl groups excluding tert-OH is 2. The van der Waals surface area contributed by atoms with E-state index in [1.807, 2.05) is 32.0 Å². The number of aromatic amines is 1. The highest BCUT2D eigenvalue weighted by molar-refractivity contribution is 5.35. The third-order valence-electron chi connectivity index (χ3n) is 4.22. The van der Waals surface area contributed by atoms with Gasteiger partial charge < -0.3 is 19.7 Å². The molecule has 8 heteroatoms. The van der Waals surface area contributed by atoms with Gasteiger partial charge in [-0.3, -0.25) is 9.78 Å². The van der Waals surface area contributed by atoms with Gasteiger partial charge in [-0.05, 0) is 44.0 Å². The molecular weight excluding hydrogens is 364 g/mol. The maximum Gasteiger partial charge on any atom is 0.335 e. The Hall–Kier alpha value is -3.10. The number of aromatic nitrogens is 2. The van der Waals surface area contributed by atoms with Crippen LogP contribution in [0.5, 0.6) is 0 Å². The van der Waals surface area contributed by atoms with E-state index in [9.17, 15) is 19.8 Å². The first-order chi connectivity index (χ1) is 13.2. The van der Waals surface area contributed by atoms with Crippen LogP contribution in [-0.2, 0) is 22.7 Å². The predicted octanol–water partition coefficient (Wildman–Crippen LogP) is 2.10. The van der Waals surface area contributed by atoms with E-state index in [0.29, 0.717) is 6.61 Å². The number of hydrogen-bond donors (Lipinski definition) is 3. The molecule has 0 radical (unpaired) electrons. The molecule has 0 saturated carbocycles. The van der Waals surface area contributed by atoms with Crippen molar-refractivity contribution in [3.05, 3.63) is 85.6 Å². The minimum absolute atomic E-state index is 0.0294. The molecule has 0 amide bonds. The van der Waals surface area contributed by atoms with E-state index in [0.717, 1.165) is 21.3 Å². The molecule has 8 nitrogen and oxygen atoms in total. The largest absolute Gasteiger partial charge is 0.509 e. The van der Waals surface area contributed by atoms with E-state index in [2.05, 4.69) is 11.6 Å². The molecule has 0 saturated heterocycles. The van der Waals surface area contributed by atoms with Crippen molar-refractivity contribution in [1.29, 1.82) is 0 Å². The third kappa shape index (κ3) is 4.99. The monoisotopic (exact) mass is 388 g/mol. The summed E-state index contributed by atoms with van der Waals surface area (Å²) >= 11 is 0. The van der Waals surface area contributed by atoms with Crippen LogP contribution in [-0.4, -0.2) is 26.4 Å². The molecule has 0 aliphatic rings. The minimum Gasteiger partial charge on any atom is -0.509 e. The van der Waals surface area contributed by atoms with Crippen molar-refractivity contribution in [3.8, 4) is 0 Å². The quantitative estimate of drug-likeness (QED) is 0.597. The number of benzene rings is 1. The molecule has 0 atom stereocenters. The van der Waals surface area contributed by atoms with Gasteiger partial charge in [0.2, 0.25) is 5.88 Å². The second-order valence-corrected chi connectivity index (χ2v) is 6.31. The topological polar surface area (TPSA) is 114 Å². The first-order valence-corrected chi connectivity index (χ1v) is 8.59. The third-order valence-corrected chi connectivity index (χ3v) is 4.22. The maximum absolute atomic E-state index is 12.1. The van der Waals surface area contributed by atoms with Crippen LogP contribution in [0, 0.1) is 13.8 Å². The molecule has 2 aromatic rings. The summed E-state index contributed by atoms with van der Waals surface area (Å²) in [6.45, 7) is 8.59. The molecule has 1 heterocycles. The number of nitrogens with zero attached hydrogens (tertiary/aromatic N) is 1. The highest BCUT2D eigenvalue weighted by atomic mass is 16.5. The van der Waals surface area contributed by atoms with Gasteiger partial charge in [0.15, 0.2) is 5.76 Å². The van der Waals surface area contributed by atoms with E-state index in [1.165, 1.54) is 13.1 Å². The number of nitrogens with one attached hydrogen (secondary N) is 1. The maximum atomic E-state index is 12.1. The van der Waals surface area contributed by atoms with Crippen LogP contribution in [0.25, 0.3) is 5.88 Å². The van der Waals surface area contributed by atoms with Gasteiger partial charge in [0.1, 0.15) is 12.4 Å². The average Bonchev–Trinajstić information content (AvgIpc) is 2.63. The lowest BCUT2D eigenvalue weighted by Gasteiger charge is -2.14. The summed E-state index contributed by atoms with van der Waals surface area (Å²) in [5.74, 6) is -0.594. The number of aryl methyl sites for hydroxylation is 2. The fourth-order valence-corrected chi connectivity index (χ4v) is 2.55. The van der Waals surface area contributed by atoms with Gasteiger partial charge in [0, 0.05) is 6.20 Å². The molecular formula is C20H24N2O6. The minimum atomic E-state index is -0.763. The zero-order chi connectivity index (χ0) is 20.8. The normalized spacial score (nSPS) is 11.9. The number of rotatable bonds is 8. The number of allylic oxidation sites excluding steroid dienone is 1. The van der Waals surface area contributed by atoms with Gasteiger partial charge in [0.05, 0.1) is 18.8 Å². The lowest BCUT2D eigenvalue weighted by Crippen LogP contribution is -2.32. The standard InChI is InChI=1S/C20H24N2O6/c1-12-6-5-7-13(2)17(12)11-27-10-16-8-22(20(26)21-19(16)25)15(4)28-18(9-23)14(3)24/h5-8,23-24H,4,9-11H2,1-3H3,(H,21,25,26)/b18-14+. The van der Waals surface area contributed by atoms with Crippen LogP contribution in [0.4, 0.5) is 0 Å². The number of ether oxygens (including phenoxy) is 2.